The van der Waals surface area contributed by atoms with Crippen molar-refractivity contribution in [2.75, 3.05) is 50.7 Å². The fourth-order valence-electron chi connectivity index (χ4n) is 3.89. The maximum Gasteiger partial charge on any atom is 0.236 e. The molecule has 0 aliphatic carbocycles. The summed E-state index contributed by atoms with van der Waals surface area (Å²) in [6, 6.07) is 10.1. The Morgan fingerprint density at radius 3 is 2.39 bits per heavy atom. The third kappa shape index (κ3) is 4.20. The summed E-state index contributed by atoms with van der Waals surface area (Å²) in [6.45, 7) is 5.09. The van der Waals surface area contributed by atoms with Crippen molar-refractivity contribution in [3.05, 3.63) is 42.7 Å². The van der Waals surface area contributed by atoms with E-state index in [9.17, 15) is 9.59 Å². The average molecular weight is 379 g/mol. The van der Waals surface area contributed by atoms with Crippen LogP contribution in [-0.4, -0.2) is 77.8 Å². The lowest BCUT2D eigenvalue weighted by Crippen LogP contribution is -2.51. The molecule has 0 radical (unpaired) electrons. The molecule has 146 valence electrons. The maximum atomic E-state index is 12.6. The van der Waals surface area contributed by atoms with Gasteiger partial charge in [0.2, 0.25) is 5.91 Å². The number of amides is 1. The molecule has 2 aliphatic rings. The number of aromatic nitrogens is 2. The van der Waals surface area contributed by atoms with Crippen molar-refractivity contribution in [1.82, 2.24) is 19.8 Å². The molecule has 0 bridgehead atoms. The standard InChI is InChI=1S/C21H25N5O2/c27-16-17-6-9-24(14-17)15-20(28)26-12-10-25(11-13-26)19-4-2-18(3-5-19)21-22-7-1-8-23-21/h1-5,7-8,16-17H,6,9-15H2. The molecule has 7 nitrogen and oxygen atoms in total. The van der Waals surface area contributed by atoms with Crippen LogP contribution >= 0.6 is 0 Å². The number of aldehydes is 1. The summed E-state index contributed by atoms with van der Waals surface area (Å²) in [6.07, 6.45) is 5.37. The van der Waals surface area contributed by atoms with Crippen LogP contribution in [-0.2, 0) is 9.59 Å². The second-order valence-corrected chi connectivity index (χ2v) is 7.41. The van der Waals surface area contributed by atoms with Crippen LogP contribution in [0.5, 0.6) is 0 Å². The maximum absolute atomic E-state index is 12.6. The molecule has 2 aromatic rings. The van der Waals surface area contributed by atoms with Gasteiger partial charge in [0.05, 0.1) is 6.54 Å². The van der Waals surface area contributed by atoms with Gasteiger partial charge in [-0.05, 0) is 43.3 Å². The van der Waals surface area contributed by atoms with E-state index in [-0.39, 0.29) is 11.8 Å². The summed E-state index contributed by atoms with van der Waals surface area (Å²) in [4.78, 5) is 38.3. The Balaban J connectivity index is 1.29. The molecule has 1 aromatic heterocycles. The Labute approximate surface area is 165 Å². The minimum Gasteiger partial charge on any atom is -0.368 e. The fraction of sp³-hybridized carbons (Fsp3) is 0.429. The molecule has 2 saturated heterocycles. The largest absolute Gasteiger partial charge is 0.368 e. The van der Waals surface area contributed by atoms with Crippen molar-refractivity contribution in [2.45, 2.75) is 6.42 Å². The monoisotopic (exact) mass is 379 g/mol. The molecule has 0 saturated carbocycles. The second-order valence-electron chi connectivity index (χ2n) is 7.41. The van der Waals surface area contributed by atoms with Crippen LogP contribution in [0.4, 0.5) is 5.69 Å². The highest BCUT2D eigenvalue weighted by Gasteiger charge is 2.27. The molecule has 3 heterocycles. The number of hydrogen-bond donors (Lipinski definition) is 0. The molecular weight excluding hydrogens is 354 g/mol. The first kappa shape index (κ1) is 18.6. The highest BCUT2D eigenvalue weighted by Crippen LogP contribution is 2.22. The zero-order chi connectivity index (χ0) is 19.3. The third-order valence-corrected chi connectivity index (χ3v) is 5.55. The number of hydrogen-bond acceptors (Lipinski definition) is 6. The zero-order valence-corrected chi connectivity index (χ0v) is 15.9. The lowest BCUT2D eigenvalue weighted by Gasteiger charge is -2.36. The lowest BCUT2D eigenvalue weighted by atomic mass is 10.1. The van der Waals surface area contributed by atoms with E-state index in [1.54, 1.807) is 12.4 Å². The summed E-state index contributed by atoms with van der Waals surface area (Å²) in [7, 11) is 0. The first-order chi connectivity index (χ1) is 13.7. The molecule has 2 fully saturated rings. The minimum atomic E-state index is 0.0916. The van der Waals surface area contributed by atoms with E-state index < -0.39 is 0 Å². The zero-order valence-electron chi connectivity index (χ0n) is 15.9. The summed E-state index contributed by atoms with van der Waals surface area (Å²) in [5.74, 6) is 0.986. The smallest absolute Gasteiger partial charge is 0.236 e. The van der Waals surface area contributed by atoms with E-state index in [0.717, 1.165) is 62.5 Å². The molecule has 1 unspecified atom stereocenters. The van der Waals surface area contributed by atoms with Crippen molar-refractivity contribution in [2.24, 2.45) is 5.92 Å². The Hall–Kier alpha value is -2.80. The van der Waals surface area contributed by atoms with Gasteiger partial charge < -0.3 is 14.6 Å². The quantitative estimate of drug-likeness (QED) is 0.730. The number of benzene rings is 1. The topological polar surface area (TPSA) is 69.6 Å². The van der Waals surface area contributed by atoms with Crippen molar-refractivity contribution in [3.63, 3.8) is 0 Å². The predicted octanol–water partition coefficient (Wildman–Crippen LogP) is 1.31. The molecule has 1 amide bonds. The van der Waals surface area contributed by atoms with Gasteiger partial charge in [-0.3, -0.25) is 9.69 Å². The van der Waals surface area contributed by atoms with Crippen LogP contribution in [0.15, 0.2) is 42.7 Å². The van der Waals surface area contributed by atoms with Gasteiger partial charge in [0, 0.05) is 62.3 Å². The summed E-state index contributed by atoms with van der Waals surface area (Å²) in [5, 5.41) is 0. The average Bonchev–Trinajstić information content (AvgIpc) is 3.22. The van der Waals surface area contributed by atoms with Crippen LogP contribution < -0.4 is 4.90 Å². The highest BCUT2D eigenvalue weighted by atomic mass is 16.2. The number of anilines is 1. The molecular formula is C21H25N5O2. The van der Waals surface area contributed by atoms with Crippen LogP contribution in [0.3, 0.4) is 0 Å². The van der Waals surface area contributed by atoms with Gasteiger partial charge in [0.15, 0.2) is 5.82 Å². The number of rotatable bonds is 5. The lowest BCUT2D eigenvalue weighted by molar-refractivity contribution is -0.132. The van der Waals surface area contributed by atoms with Gasteiger partial charge in [-0.15, -0.1) is 0 Å². The highest BCUT2D eigenvalue weighted by molar-refractivity contribution is 5.78. The van der Waals surface area contributed by atoms with Crippen LogP contribution in [0.2, 0.25) is 0 Å². The number of nitrogens with zero attached hydrogens (tertiary/aromatic N) is 5. The van der Waals surface area contributed by atoms with Crippen LogP contribution in [0, 0.1) is 5.92 Å². The number of likely N-dealkylation sites (tertiary alicyclic amines) is 1. The molecule has 1 aromatic carbocycles. The summed E-state index contributed by atoms with van der Waals surface area (Å²) < 4.78 is 0. The van der Waals surface area contributed by atoms with E-state index in [0.29, 0.717) is 13.1 Å². The Morgan fingerprint density at radius 2 is 1.75 bits per heavy atom. The van der Waals surface area contributed by atoms with E-state index in [4.69, 9.17) is 0 Å². The van der Waals surface area contributed by atoms with Crippen LogP contribution in [0.25, 0.3) is 11.4 Å². The van der Waals surface area contributed by atoms with Crippen LogP contribution in [0.1, 0.15) is 6.42 Å². The molecule has 7 heteroatoms. The minimum absolute atomic E-state index is 0.0916. The van der Waals surface area contributed by atoms with Gasteiger partial charge in [0.1, 0.15) is 6.29 Å². The Morgan fingerprint density at radius 1 is 1.04 bits per heavy atom. The van der Waals surface area contributed by atoms with Gasteiger partial charge in [-0.2, -0.15) is 0 Å². The molecule has 1 atom stereocenters. The van der Waals surface area contributed by atoms with Gasteiger partial charge in [-0.25, -0.2) is 9.97 Å². The van der Waals surface area contributed by atoms with Crippen molar-refractivity contribution in [3.8, 4) is 11.4 Å². The molecule has 28 heavy (non-hydrogen) atoms. The number of carbonyl (C=O) groups is 2. The molecule has 0 spiro atoms. The fourth-order valence-corrected chi connectivity index (χ4v) is 3.89. The second kappa shape index (κ2) is 8.48. The predicted molar refractivity (Wildman–Crippen MR) is 107 cm³/mol. The van der Waals surface area contributed by atoms with E-state index >= 15 is 0 Å². The first-order valence-corrected chi connectivity index (χ1v) is 9.81. The van der Waals surface area contributed by atoms with Gasteiger partial charge >= 0.3 is 0 Å². The van der Waals surface area contributed by atoms with Gasteiger partial charge in [-0.1, -0.05) is 0 Å². The normalized spacial score (nSPS) is 20.4. The van der Waals surface area contributed by atoms with Crippen molar-refractivity contribution < 1.29 is 9.59 Å². The number of piperazine rings is 1. The first-order valence-electron chi connectivity index (χ1n) is 9.81. The van der Waals surface area contributed by atoms with E-state index in [2.05, 4.69) is 31.9 Å². The van der Waals surface area contributed by atoms with Crippen molar-refractivity contribution in [1.29, 1.82) is 0 Å². The van der Waals surface area contributed by atoms with Crippen molar-refractivity contribution >= 4 is 17.9 Å². The molecule has 2 aliphatic heterocycles. The van der Waals surface area contributed by atoms with Gasteiger partial charge in [0.25, 0.3) is 0 Å². The van der Waals surface area contributed by atoms with E-state index in [1.807, 2.05) is 23.1 Å². The summed E-state index contributed by atoms with van der Waals surface area (Å²) in [5.41, 5.74) is 2.15. The number of carbonyl (C=O) groups excluding carboxylic acids is 2. The molecule has 4 rings (SSSR count). The van der Waals surface area contributed by atoms with E-state index in [1.165, 1.54) is 0 Å². The SMILES string of the molecule is O=CC1CCN(CC(=O)N2CCN(c3ccc(-c4ncccn4)cc3)CC2)C1. The Bertz CT molecular complexity index is 803. The third-order valence-electron chi connectivity index (χ3n) is 5.55. The molecule has 0 N–H and O–H groups in total. The Kier molecular flexibility index (Phi) is 5.62. The summed E-state index contributed by atoms with van der Waals surface area (Å²) >= 11 is 0.